The summed E-state index contributed by atoms with van der Waals surface area (Å²) in [4.78, 5) is 36.7. The molecule has 1 heterocycles. The molecule has 8 heteroatoms. The van der Waals surface area contributed by atoms with E-state index in [0.717, 1.165) is 44.5 Å². The highest BCUT2D eigenvalue weighted by atomic mass is 16.6. The minimum atomic E-state index is -0.500. The summed E-state index contributed by atoms with van der Waals surface area (Å²) in [5.74, 6) is -0.192. The molecule has 8 nitrogen and oxygen atoms in total. The molecule has 1 aliphatic heterocycles. The molecule has 2 N–H and O–H groups in total. The first-order chi connectivity index (χ1) is 12.1. The van der Waals surface area contributed by atoms with Crippen LogP contribution in [0.25, 0.3) is 0 Å². The van der Waals surface area contributed by atoms with Crippen LogP contribution >= 0.6 is 0 Å². The Balaban J connectivity index is 1.64. The van der Waals surface area contributed by atoms with Crippen LogP contribution in [-0.4, -0.2) is 42.9 Å². The number of anilines is 1. The predicted octanol–water partition coefficient (Wildman–Crippen LogP) is 1.45. The zero-order chi connectivity index (χ0) is 17.8. The summed E-state index contributed by atoms with van der Waals surface area (Å²) >= 11 is 0. The fourth-order valence-corrected chi connectivity index (χ4v) is 3.00. The summed E-state index contributed by atoms with van der Waals surface area (Å²) in [7, 11) is 0. The van der Waals surface area contributed by atoms with E-state index < -0.39 is 4.92 Å². The highest BCUT2D eigenvalue weighted by molar-refractivity contribution is 6.00. The predicted molar refractivity (Wildman–Crippen MR) is 92.6 cm³/mol. The highest BCUT2D eigenvalue weighted by Crippen LogP contribution is 2.29. The van der Waals surface area contributed by atoms with Gasteiger partial charge in [-0.05, 0) is 31.7 Å². The van der Waals surface area contributed by atoms with Crippen molar-refractivity contribution in [3.63, 3.8) is 0 Å². The van der Waals surface area contributed by atoms with Crippen molar-refractivity contribution in [2.45, 2.75) is 25.7 Å². The average molecular weight is 346 g/mol. The number of non-ortho nitro benzene ring substituents is 1. The smallest absolute Gasteiger partial charge is 0.270 e. The molecule has 3 rings (SSSR count). The number of hydrogen-bond acceptors (Lipinski definition) is 5. The molecule has 0 unspecified atom stereocenters. The number of carbonyl (C=O) groups is 2. The molecule has 1 saturated carbocycles. The highest BCUT2D eigenvalue weighted by Gasteiger charge is 2.29. The van der Waals surface area contributed by atoms with Crippen molar-refractivity contribution in [1.82, 2.24) is 10.6 Å². The monoisotopic (exact) mass is 346 g/mol. The fourth-order valence-electron chi connectivity index (χ4n) is 3.00. The molecule has 25 heavy (non-hydrogen) atoms. The third kappa shape index (κ3) is 4.26. The van der Waals surface area contributed by atoms with Gasteiger partial charge in [0.2, 0.25) is 5.91 Å². The van der Waals surface area contributed by atoms with Crippen molar-refractivity contribution < 1.29 is 14.5 Å². The van der Waals surface area contributed by atoms with Gasteiger partial charge in [-0.1, -0.05) is 0 Å². The summed E-state index contributed by atoms with van der Waals surface area (Å²) < 4.78 is 0. The Hall–Kier alpha value is -2.64. The normalized spacial score (nSPS) is 16.6. The van der Waals surface area contributed by atoms with Gasteiger partial charge in [0.1, 0.15) is 0 Å². The molecule has 1 aliphatic carbocycles. The minimum absolute atomic E-state index is 0.0300. The summed E-state index contributed by atoms with van der Waals surface area (Å²) in [6.07, 6.45) is 3.96. The Morgan fingerprint density at radius 2 is 1.84 bits per heavy atom. The number of amides is 2. The number of rotatable bonds is 7. The van der Waals surface area contributed by atoms with Crippen molar-refractivity contribution in [2.24, 2.45) is 5.92 Å². The van der Waals surface area contributed by atoms with Gasteiger partial charge in [-0.25, -0.2) is 0 Å². The lowest BCUT2D eigenvalue weighted by atomic mass is 10.1. The maximum Gasteiger partial charge on any atom is 0.270 e. The number of nitro benzene ring substituents is 1. The number of benzene rings is 1. The van der Waals surface area contributed by atoms with E-state index in [-0.39, 0.29) is 23.4 Å². The van der Waals surface area contributed by atoms with Crippen molar-refractivity contribution in [3.05, 3.63) is 33.9 Å². The van der Waals surface area contributed by atoms with Crippen molar-refractivity contribution in [3.8, 4) is 0 Å². The first kappa shape index (κ1) is 17.2. The van der Waals surface area contributed by atoms with Crippen LogP contribution in [-0.2, 0) is 4.79 Å². The van der Waals surface area contributed by atoms with Gasteiger partial charge in [0, 0.05) is 44.2 Å². The lowest BCUT2D eigenvalue weighted by Gasteiger charge is -2.20. The van der Waals surface area contributed by atoms with Crippen LogP contribution < -0.4 is 15.5 Å². The van der Waals surface area contributed by atoms with E-state index in [9.17, 15) is 19.7 Å². The Morgan fingerprint density at radius 3 is 2.48 bits per heavy atom. The molecule has 134 valence electrons. The quantitative estimate of drug-likeness (QED) is 0.442. The molecule has 2 fully saturated rings. The maximum absolute atomic E-state index is 12.5. The van der Waals surface area contributed by atoms with E-state index in [1.807, 2.05) is 0 Å². The number of carbonyl (C=O) groups excluding carboxylic acids is 2. The van der Waals surface area contributed by atoms with E-state index in [0.29, 0.717) is 18.7 Å². The summed E-state index contributed by atoms with van der Waals surface area (Å²) in [6, 6.07) is 4.40. The van der Waals surface area contributed by atoms with E-state index >= 15 is 0 Å². The molecular formula is C17H22N4O4. The number of nitrogens with one attached hydrogen (secondary N) is 2. The van der Waals surface area contributed by atoms with Gasteiger partial charge in [-0.3, -0.25) is 19.7 Å². The van der Waals surface area contributed by atoms with Crippen LogP contribution in [0.1, 0.15) is 36.0 Å². The van der Waals surface area contributed by atoms with Crippen LogP contribution in [0.3, 0.4) is 0 Å². The zero-order valence-electron chi connectivity index (χ0n) is 14.0. The van der Waals surface area contributed by atoms with Gasteiger partial charge in [0.25, 0.3) is 11.6 Å². The second-order valence-electron chi connectivity index (χ2n) is 6.47. The third-order valence-corrected chi connectivity index (χ3v) is 4.54. The van der Waals surface area contributed by atoms with Gasteiger partial charge in [0.15, 0.2) is 0 Å². The van der Waals surface area contributed by atoms with Crippen molar-refractivity contribution >= 4 is 23.2 Å². The molecule has 1 aromatic carbocycles. The van der Waals surface area contributed by atoms with Gasteiger partial charge >= 0.3 is 0 Å². The van der Waals surface area contributed by atoms with E-state index in [4.69, 9.17) is 0 Å². The van der Waals surface area contributed by atoms with E-state index in [1.165, 1.54) is 12.1 Å². The second kappa shape index (κ2) is 7.50. The number of hydrogen-bond donors (Lipinski definition) is 2. The van der Waals surface area contributed by atoms with Gasteiger partial charge < -0.3 is 15.5 Å². The molecule has 0 spiro atoms. The molecule has 0 atom stereocenters. The minimum Gasteiger partial charge on any atom is -0.371 e. The average Bonchev–Trinajstić information content (AvgIpc) is 3.32. The number of nitro groups is 1. The Bertz CT molecular complexity index is 681. The molecular weight excluding hydrogens is 324 g/mol. The van der Waals surface area contributed by atoms with Crippen LogP contribution in [0.4, 0.5) is 11.4 Å². The molecule has 0 bridgehead atoms. The molecule has 2 amide bonds. The first-order valence-electron chi connectivity index (χ1n) is 8.65. The van der Waals surface area contributed by atoms with Crippen LogP contribution in [0.2, 0.25) is 0 Å². The summed E-state index contributed by atoms with van der Waals surface area (Å²) in [6.45, 7) is 2.33. The van der Waals surface area contributed by atoms with Gasteiger partial charge in [-0.2, -0.15) is 0 Å². The van der Waals surface area contributed by atoms with Crippen molar-refractivity contribution in [2.75, 3.05) is 31.1 Å². The Morgan fingerprint density at radius 1 is 1.16 bits per heavy atom. The Labute approximate surface area is 145 Å². The second-order valence-corrected chi connectivity index (χ2v) is 6.47. The van der Waals surface area contributed by atoms with Crippen molar-refractivity contribution in [1.29, 1.82) is 0 Å². The summed E-state index contributed by atoms with van der Waals surface area (Å²) in [5, 5.41) is 16.5. The van der Waals surface area contributed by atoms with E-state index in [1.54, 1.807) is 6.07 Å². The molecule has 0 aromatic heterocycles. The largest absolute Gasteiger partial charge is 0.371 e. The third-order valence-electron chi connectivity index (χ3n) is 4.54. The first-order valence-corrected chi connectivity index (χ1v) is 8.65. The fraction of sp³-hybridized carbons (Fsp3) is 0.529. The van der Waals surface area contributed by atoms with Gasteiger partial charge in [0.05, 0.1) is 16.2 Å². The van der Waals surface area contributed by atoms with Crippen LogP contribution in [0.15, 0.2) is 18.2 Å². The van der Waals surface area contributed by atoms with E-state index in [2.05, 4.69) is 15.5 Å². The molecule has 2 aliphatic rings. The maximum atomic E-state index is 12.5. The molecule has 1 saturated heterocycles. The lowest BCUT2D eigenvalue weighted by molar-refractivity contribution is -0.384. The number of nitrogens with zero attached hydrogens (tertiary/aromatic N) is 2. The van der Waals surface area contributed by atoms with Crippen LogP contribution in [0, 0.1) is 16.0 Å². The van der Waals surface area contributed by atoms with Gasteiger partial charge in [-0.15, -0.1) is 0 Å². The van der Waals surface area contributed by atoms with Crippen LogP contribution in [0.5, 0.6) is 0 Å². The lowest BCUT2D eigenvalue weighted by Crippen LogP contribution is -2.36. The zero-order valence-corrected chi connectivity index (χ0v) is 14.0. The topological polar surface area (TPSA) is 105 Å². The molecule has 1 aromatic rings. The standard InChI is InChI=1S/C17H22N4O4/c22-16(12-3-4-12)18-7-8-19-17(23)14-11-13(21(24)25)5-6-15(14)20-9-1-2-10-20/h5-6,11-12H,1-4,7-10H2,(H,18,22)(H,19,23). The molecule has 0 radical (unpaired) electrons. The SMILES string of the molecule is O=C(NCCNC(=O)C1CC1)c1cc([N+](=O)[O-])ccc1N1CCCC1. The Kier molecular flexibility index (Phi) is 5.16. The summed E-state index contributed by atoms with van der Waals surface area (Å²) in [5.41, 5.74) is 0.933.